The van der Waals surface area contributed by atoms with E-state index in [-0.39, 0.29) is 11.7 Å². The van der Waals surface area contributed by atoms with Gasteiger partial charge in [-0.3, -0.25) is 9.89 Å². The standard InChI is InChI=1S/C7H8N4OS/c8-2-4-13-5-7(12)10-6-1-3-9-11-6/h1,3H,4-5H2,(H2,9,10,11,12). The van der Waals surface area contributed by atoms with Gasteiger partial charge in [-0.1, -0.05) is 0 Å². The maximum Gasteiger partial charge on any atom is 0.235 e. The molecule has 1 heterocycles. The zero-order chi connectivity index (χ0) is 9.52. The molecule has 0 atom stereocenters. The van der Waals surface area contributed by atoms with Gasteiger partial charge >= 0.3 is 0 Å². The Hall–Kier alpha value is -1.48. The highest BCUT2D eigenvalue weighted by molar-refractivity contribution is 8.00. The van der Waals surface area contributed by atoms with Gasteiger partial charge in [0.25, 0.3) is 0 Å². The van der Waals surface area contributed by atoms with Crippen molar-refractivity contribution in [2.24, 2.45) is 0 Å². The van der Waals surface area contributed by atoms with Crippen LogP contribution in [0.3, 0.4) is 0 Å². The average molecular weight is 196 g/mol. The van der Waals surface area contributed by atoms with E-state index in [0.29, 0.717) is 11.6 Å². The predicted octanol–water partition coefficient (Wildman–Crippen LogP) is 0.605. The third-order valence-corrected chi connectivity index (χ3v) is 1.97. The zero-order valence-electron chi connectivity index (χ0n) is 6.78. The van der Waals surface area contributed by atoms with Crippen LogP contribution in [0.25, 0.3) is 0 Å². The van der Waals surface area contributed by atoms with Gasteiger partial charge in [-0.25, -0.2) is 0 Å². The minimum atomic E-state index is -0.135. The van der Waals surface area contributed by atoms with Crippen molar-refractivity contribution in [3.8, 4) is 6.07 Å². The Labute approximate surface area is 79.5 Å². The molecule has 0 aliphatic heterocycles. The Morgan fingerprint density at radius 2 is 2.69 bits per heavy atom. The average Bonchev–Trinajstić information content (AvgIpc) is 2.57. The van der Waals surface area contributed by atoms with E-state index < -0.39 is 0 Å². The summed E-state index contributed by atoms with van der Waals surface area (Å²) in [5.41, 5.74) is 0. The summed E-state index contributed by atoms with van der Waals surface area (Å²) in [6.45, 7) is 0. The number of nitrogens with zero attached hydrogens (tertiary/aromatic N) is 2. The number of anilines is 1. The molecule has 0 aliphatic carbocycles. The highest BCUT2D eigenvalue weighted by Crippen LogP contribution is 2.02. The minimum Gasteiger partial charge on any atom is -0.310 e. The van der Waals surface area contributed by atoms with Gasteiger partial charge in [-0.15, -0.1) is 11.8 Å². The van der Waals surface area contributed by atoms with Gasteiger partial charge in [0.15, 0.2) is 0 Å². The molecule has 0 aliphatic rings. The Morgan fingerprint density at radius 1 is 1.85 bits per heavy atom. The fourth-order valence-electron chi connectivity index (χ4n) is 0.701. The quantitative estimate of drug-likeness (QED) is 0.691. The van der Waals surface area contributed by atoms with Crippen molar-refractivity contribution in [3.05, 3.63) is 12.3 Å². The fraction of sp³-hybridized carbons (Fsp3) is 0.286. The monoisotopic (exact) mass is 196 g/mol. The zero-order valence-corrected chi connectivity index (χ0v) is 7.60. The molecule has 0 saturated heterocycles. The molecular formula is C7H8N4OS. The number of thioether (sulfide) groups is 1. The number of carbonyl (C=O) groups excluding carboxylic acids is 1. The second kappa shape index (κ2) is 5.22. The molecule has 1 aromatic heterocycles. The highest BCUT2D eigenvalue weighted by Gasteiger charge is 2.01. The Balaban J connectivity index is 2.23. The van der Waals surface area contributed by atoms with E-state index in [0.717, 1.165) is 0 Å². The van der Waals surface area contributed by atoms with E-state index in [1.54, 1.807) is 12.3 Å². The summed E-state index contributed by atoms with van der Waals surface area (Å²) in [6.07, 6.45) is 1.55. The number of amides is 1. The number of nitrogens with one attached hydrogen (secondary N) is 2. The second-order valence-corrected chi connectivity index (χ2v) is 3.16. The first-order valence-electron chi connectivity index (χ1n) is 3.57. The molecule has 1 amide bonds. The first-order valence-corrected chi connectivity index (χ1v) is 4.72. The van der Waals surface area contributed by atoms with Crippen LogP contribution in [-0.4, -0.2) is 27.6 Å². The summed E-state index contributed by atoms with van der Waals surface area (Å²) in [4.78, 5) is 11.1. The van der Waals surface area contributed by atoms with Crippen molar-refractivity contribution < 1.29 is 4.79 Å². The Morgan fingerprint density at radius 3 is 3.31 bits per heavy atom. The molecule has 68 valence electrons. The minimum absolute atomic E-state index is 0.135. The maximum atomic E-state index is 11.1. The van der Waals surface area contributed by atoms with Gasteiger partial charge < -0.3 is 5.32 Å². The summed E-state index contributed by atoms with van der Waals surface area (Å²) in [7, 11) is 0. The van der Waals surface area contributed by atoms with Crippen molar-refractivity contribution in [3.63, 3.8) is 0 Å². The molecule has 0 fully saturated rings. The molecule has 13 heavy (non-hydrogen) atoms. The van der Waals surface area contributed by atoms with E-state index in [9.17, 15) is 4.79 Å². The molecule has 0 unspecified atom stereocenters. The summed E-state index contributed by atoms with van der Waals surface area (Å²) in [5, 5.41) is 17.1. The van der Waals surface area contributed by atoms with Crippen molar-refractivity contribution in [2.75, 3.05) is 16.8 Å². The summed E-state index contributed by atoms with van der Waals surface area (Å²) in [6, 6.07) is 3.60. The van der Waals surface area contributed by atoms with E-state index in [1.165, 1.54) is 11.8 Å². The first-order chi connectivity index (χ1) is 6.33. The number of H-pyrrole nitrogens is 1. The Bertz CT molecular complexity index is 303. The highest BCUT2D eigenvalue weighted by atomic mass is 32.2. The molecule has 1 aromatic rings. The largest absolute Gasteiger partial charge is 0.310 e. The third kappa shape index (κ3) is 3.62. The van der Waals surface area contributed by atoms with E-state index in [1.807, 2.05) is 6.07 Å². The topological polar surface area (TPSA) is 81.6 Å². The molecule has 0 saturated carbocycles. The van der Waals surface area contributed by atoms with Crippen LogP contribution in [0.4, 0.5) is 5.82 Å². The lowest BCUT2D eigenvalue weighted by Gasteiger charge is -1.99. The summed E-state index contributed by atoms with van der Waals surface area (Å²) >= 11 is 1.28. The smallest absolute Gasteiger partial charge is 0.235 e. The van der Waals surface area contributed by atoms with Crippen molar-refractivity contribution in [1.29, 1.82) is 5.26 Å². The number of hydrogen-bond acceptors (Lipinski definition) is 4. The molecule has 6 heteroatoms. The van der Waals surface area contributed by atoms with Crippen molar-refractivity contribution in [1.82, 2.24) is 10.2 Å². The van der Waals surface area contributed by atoms with Gasteiger partial charge in [0.1, 0.15) is 5.82 Å². The van der Waals surface area contributed by atoms with Crippen LogP contribution in [0.1, 0.15) is 0 Å². The number of aromatic amines is 1. The van der Waals surface area contributed by atoms with Crippen molar-refractivity contribution >= 4 is 23.5 Å². The van der Waals surface area contributed by atoms with Crippen LogP contribution in [0, 0.1) is 11.3 Å². The van der Waals surface area contributed by atoms with Gasteiger partial charge in [-0.05, 0) is 0 Å². The number of nitriles is 1. The van der Waals surface area contributed by atoms with Crippen LogP contribution in [0.15, 0.2) is 12.3 Å². The van der Waals surface area contributed by atoms with Gasteiger partial charge in [0, 0.05) is 6.07 Å². The normalized spacial score (nSPS) is 9.15. The number of aromatic nitrogens is 2. The third-order valence-electron chi connectivity index (χ3n) is 1.17. The van der Waals surface area contributed by atoms with Crippen LogP contribution in [0.5, 0.6) is 0 Å². The van der Waals surface area contributed by atoms with Crippen LogP contribution >= 0.6 is 11.8 Å². The van der Waals surface area contributed by atoms with Gasteiger partial charge in [0.05, 0.1) is 23.8 Å². The maximum absolute atomic E-state index is 11.1. The van der Waals surface area contributed by atoms with Gasteiger partial charge in [0.2, 0.25) is 5.91 Å². The second-order valence-electron chi connectivity index (χ2n) is 2.17. The van der Waals surface area contributed by atoms with Crippen LogP contribution < -0.4 is 5.32 Å². The van der Waals surface area contributed by atoms with E-state index >= 15 is 0 Å². The van der Waals surface area contributed by atoms with Gasteiger partial charge in [-0.2, -0.15) is 10.4 Å². The molecule has 5 nitrogen and oxygen atoms in total. The lowest BCUT2D eigenvalue weighted by molar-refractivity contribution is -0.113. The lowest BCUT2D eigenvalue weighted by Crippen LogP contribution is -2.14. The molecule has 2 N–H and O–H groups in total. The lowest BCUT2D eigenvalue weighted by atomic mass is 10.6. The molecule has 0 bridgehead atoms. The summed E-state index contributed by atoms with van der Waals surface area (Å²) in [5.74, 6) is 1.05. The van der Waals surface area contributed by atoms with E-state index in [2.05, 4.69) is 15.5 Å². The number of rotatable bonds is 4. The first kappa shape index (κ1) is 9.61. The van der Waals surface area contributed by atoms with Crippen LogP contribution in [0.2, 0.25) is 0 Å². The van der Waals surface area contributed by atoms with Crippen molar-refractivity contribution in [2.45, 2.75) is 0 Å². The van der Waals surface area contributed by atoms with Crippen LogP contribution in [-0.2, 0) is 4.79 Å². The number of carbonyl (C=O) groups is 1. The Kier molecular flexibility index (Phi) is 3.85. The summed E-state index contributed by atoms with van der Waals surface area (Å²) < 4.78 is 0. The molecule has 0 spiro atoms. The molecular weight excluding hydrogens is 188 g/mol. The molecule has 0 radical (unpaired) electrons. The predicted molar refractivity (Wildman–Crippen MR) is 50.2 cm³/mol. The fourth-order valence-corrected chi connectivity index (χ4v) is 1.15. The van der Waals surface area contributed by atoms with E-state index in [4.69, 9.17) is 5.26 Å². The number of hydrogen-bond donors (Lipinski definition) is 2. The SMILES string of the molecule is N#CCSCC(=O)Nc1ccn[nH]1. The molecule has 0 aromatic carbocycles. The molecule has 1 rings (SSSR count).